The maximum atomic E-state index is 12.9. The summed E-state index contributed by atoms with van der Waals surface area (Å²) in [6, 6.07) is 9.00. The Kier molecular flexibility index (Phi) is 5.71. The van der Waals surface area contributed by atoms with E-state index in [4.69, 9.17) is 4.52 Å². The number of nitrogens with one attached hydrogen (secondary N) is 1. The number of carbonyl (C=O) groups excluding carboxylic acids is 1. The molecule has 154 valence electrons. The Morgan fingerprint density at radius 1 is 1.23 bits per heavy atom. The number of benzene rings is 1. The second-order valence-corrected chi connectivity index (χ2v) is 7.95. The van der Waals surface area contributed by atoms with Gasteiger partial charge in [0.05, 0.1) is 17.4 Å². The molecule has 8 nitrogen and oxygen atoms in total. The molecule has 1 aromatic carbocycles. The van der Waals surface area contributed by atoms with Crippen molar-refractivity contribution in [1.29, 1.82) is 0 Å². The Morgan fingerprint density at radius 3 is 2.83 bits per heavy atom. The molecule has 0 aliphatic heterocycles. The number of hydrogen-bond acceptors (Lipinski definition) is 7. The number of aromatic amines is 1. The van der Waals surface area contributed by atoms with Gasteiger partial charge in [0.1, 0.15) is 5.82 Å². The number of para-hydroxylation sites is 1. The molecule has 0 bridgehead atoms. The lowest BCUT2D eigenvalue weighted by Gasteiger charge is -2.26. The zero-order chi connectivity index (χ0) is 21.1. The molecule has 0 saturated heterocycles. The molecule has 0 aliphatic rings. The zero-order valence-electron chi connectivity index (χ0n) is 16.7. The van der Waals surface area contributed by atoms with Gasteiger partial charge in [-0.25, -0.2) is 4.98 Å². The maximum absolute atomic E-state index is 12.9. The van der Waals surface area contributed by atoms with Crippen LogP contribution in [0.15, 0.2) is 50.4 Å². The van der Waals surface area contributed by atoms with Crippen molar-refractivity contribution < 1.29 is 9.32 Å². The lowest BCUT2D eigenvalue weighted by atomic mass is 10.2. The van der Waals surface area contributed by atoms with Gasteiger partial charge in [-0.05, 0) is 37.4 Å². The van der Waals surface area contributed by atoms with E-state index in [1.807, 2.05) is 36.7 Å². The van der Waals surface area contributed by atoms with Gasteiger partial charge in [0.15, 0.2) is 0 Å². The molecule has 0 atom stereocenters. The highest BCUT2D eigenvalue weighted by molar-refractivity contribution is 7.08. The second-order valence-electron chi connectivity index (χ2n) is 7.17. The van der Waals surface area contributed by atoms with Crippen molar-refractivity contribution >= 4 is 28.1 Å². The highest BCUT2D eigenvalue weighted by Gasteiger charge is 2.20. The van der Waals surface area contributed by atoms with Gasteiger partial charge >= 0.3 is 0 Å². The molecular weight excluding hydrogens is 402 g/mol. The largest absolute Gasteiger partial charge is 0.339 e. The Labute approximate surface area is 176 Å². The van der Waals surface area contributed by atoms with Gasteiger partial charge in [-0.2, -0.15) is 16.3 Å². The topological polar surface area (TPSA) is 105 Å². The van der Waals surface area contributed by atoms with E-state index in [1.54, 1.807) is 34.4 Å². The number of rotatable bonds is 7. The molecule has 3 aromatic heterocycles. The molecule has 0 spiro atoms. The highest BCUT2D eigenvalue weighted by atomic mass is 32.1. The van der Waals surface area contributed by atoms with Crippen LogP contribution in [0.4, 0.5) is 0 Å². The minimum Gasteiger partial charge on any atom is -0.339 e. The predicted octanol–water partition coefficient (Wildman–Crippen LogP) is 3.40. The van der Waals surface area contributed by atoms with Gasteiger partial charge in [0, 0.05) is 29.8 Å². The first kappa shape index (κ1) is 20.0. The standard InChI is InChI=1S/C21H21N5O3S/c1-13(2)26(11-17-22-16-6-4-3-5-15(16)21(28)23-17)19(27)8-7-18-24-20(25-29-18)14-9-10-30-12-14/h3-6,9-10,12-13H,7-8,11H2,1-2H3,(H,22,23,28). The van der Waals surface area contributed by atoms with Crippen LogP contribution < -0.4 is 5.56 Å². The minimum atomic E-state index is -0.210. The van der Waals surface area contributed by atoms with E-state index in [2.05, 4.69) is 20.1 Å². The summed E-state index contributed by atoms with van der Waals surface area (Å²) in [5.41, 5.74) is 1.30. The number of nitrogens with zero attached hydrogens (tertiary/aromatic N) is 4. The third kappa shape index (κ3) is 4.30. The van der Waals surface area contributed by atoms with Crippen LogP contribution in [0.5, 0.6) is 0 Å². The smallest absolute Gasteiger partial charge is 0.258 e. The molecular formula is C21H21N5O3S. The summed E-state index contributed by atoms with van der Waals surface area (Å²) in [6.45, 7) is 4.08. The van der Waals surface area contributed by atoms with Crippen molar-refractivity contribution in [3.05, 3.63) is 63.2 Å². The molecule has 0 aliphatic carbocycles. The van der Waals surface area contributed by atoms with E-state index in [0.717, 1.165) is 5.56 Å². The third-order valence-electron chi connectivity index (χ3n) is 4.73. The van der Waals surface area contributed by atoms with Crippen LogP contribution in [-0.4, -0.2) is 37.0 Å². The fourth-order valence-electron chi connectivity index (χ4n) is 3.15. The summed E-state index contributed by atoms with van der Waals surface area (Å²) in [6.07, 6.45) is 0.572. The molecule has 3 heterocycles. The molecule has 0 fully saturated rings. The van der Waals surface area contributed by atoms with Gasteiger partial charge in [0.25, 0.3) is 5.56 Å². The van der Waals surface area contributed by atoms with Crippen molar-refractivity contribution in [2.24, 2.45) is 0 Å². The molecule has 0 saturated carbocycles. The average molecular weight is 423 g/mol. The summed E-state index contributed by atoms with van der Waals surface area (Å²) in [5.74, 6) is 1.33. The molecule has 1 amide bonds. The number of carbonyl (C=O) groups is 1. The van der Waals surface area contributed by atoms with Crippen LogP contribution in [0.25, 0.3) is 22.3 Å². The number of fused-ring (bicyclic) bond motifs is 1. The molecule has 1 N–H and O–H groups in total. The molecule has 9 heteroatoms. The molecule has 4 rings (SSSR count). The van der Waals surface area contributed by atoms with Crippen molar-refractivity contribution in [3.63, 3.8) is 0 Å². The number of thiophene rings is 1. The first-order valence-corrected chi connectivity index (χ1v) is 10.6. The first-order chi connectivity index (χ1) is 14.5. The number of H-pyrrole nitrogens is 1. The van der Waals surface area contributed by atoms with Gasteiger partial charge in [-0.3, -0.25) is 9.59 Å². The molecule has 0 unspecified atom stereocenters. The van der Waals surface area contributed by atoms with Gasteiger partial charge < -0.3 is 14.4 Å². The number of aromatic nitrogens is 4. The number of hydrogen-bond donors (Lipinski definition) is 1. The molecule has 0 radical (unpaired) electrons. The predicted molar refractivity (Wildman–Crippen MR) is 114 cm³/mol. The van der Waals surface area contributed by atoms with Gasteiger partial charge in [0.2, 0.25) is 17.6 Å². The maximum Gasteiger partial charge on any atom is 0.258 e. The highest BCUT2D eigenvalue weighted by Crippen LogP contribution is 2.19. The fourth-order valence-corrected chi connectivity index (χ4v) is 3.79. The SMILES string of the molecule is CC(C)N(Cc1nc2ccccc2c(=O)[nH]1)C(=O)CCc1nc(-c2ccsc2)no1. The normalized spacial score (nSPS) is 11.3. The monoisotopic (exact) mass is 423 g/mol. The van der Waals surface area contributed by atoms with Crippen molar-refractivity contribution in [1.82, 2.24) is 25.0 Å². The van der Waals surface area contributed by atoms with E-state index < -0.39 is 0 Å². The summed E-state index contributed by atoms with van der Waals surface area (Å²) >= 11 is 1.56. The summed E-state index contributed by atoms with van der Waals surface area (Å²) in [5, 5.41) is 8.39. The van der Waals surface area contributed by atoms with Crippen LogP contribution in [-0.2, 0) is 17.8 Å². The van der Waals surface area contributed by atoms with E-state index in [9.17, 15) is 9.59 Å². The average Bonchev–Trinajstić information content (AvgIpc) is 3.42. The summed E-state index contributed by atoms with van der Waals surface area (Å²) in [7, 11) is 0. The summed E-state index contributed by atoms with van der Waals surface area (Å²) in [4.78, 5) is 38.5. The Bertz CT molecular complexity index is 1210. The van der Waals surface area contributed by atoms with Crippen molar-refractivity contribution in [3.8, 4) is 11.4 Å². The van der Waals surface area contributed by atoms with E-state index in [0.29, 0.717) is 34.9 Å². The number of aryl methyl sites for hydroxylation is 1. The van der Waals surface area contributed by atoms with Gasteiger partial charge in [-0.1, -0.05) is 17.3 Å². The molecule has 4 aromatic rings. The number of amides is 1. The Balaban J connectivity index is 1.45. The van der Waals surface area contributed by atoms with Crippen LogP contribution in [0.3, 0.4) is 0 Å². The Hall–Kier alpha value is -3.33. The van der Waals surface area contributed by atoms with E-state index in [1.165, 1.54) is 0 Å². The van der Waals surface area contributed by atoms with E-state index >= 15 is 0 Å². The van der Waals surface area contributed by atoms with Crippen LogP contribution in [0, 0.1) is 0 Å². The second kappa shape index (κ2) is 8.58. The molecule has 30 heavy (non-hydrogen) atoms. The van der Waals surface area contributed by atoms with Crippen molar-refractivity contribution in [2.75, 3.05) is 0 Å². The van der Waals surface area contributed by atoms with Gasteiger partial charge in [-0.15, -0.1) is 0 Å². The van der Waals surface area contributed by atoms with Crippen molar-refractivity contribution in [2.45, 2.75) is 39.3 Å². The fraction of sp³-hybridized carbons (Fsp3) is 0.286. The summed E-state index contributed by atoms with van der Waals surface area (Å²) < 4.78 is 5.27. The Morgan fingerprint density at radius 2 is 2.07 bits per heavy atom. The van der Waals surface area contributed by atoms with Crippen LogP contribution in [0.2, 0.25) is 0 Å². The minimum absolute atomic E-state index is 0.0571. The van der Waals surface area contributed by atoms with Crippen LogP contribution in [0.1, 0.15) is 32.0 Å². The quantitative estimate of drug-likeness (QED) is 0.488. The van der Waals surface area contributed by atoms with Crippen LogP contribution >= 0.6 is 11.3 Å². The zero-order valence-corrected chi connectivity index (χ0v) is 17.5. The lowest BCUT2D eigenvalue weighted by molar-refractivity contribution is -0.133. The lowest BCUT2D eigenvalue weighted by Crippen LogP contribution is -2.37. The first-order valence-electron chi connectivity index (χ1n) is 9.64. The third-order valence-corrected chi connectivity index (χ3v) is 5.41. The van der Waals surface area contributed by atoms with E-state index in [-0.39, 0.29) is 30.5 Å².